The lowest BCUT2D eigenvalue weighted by Gasteiger charge is -2.15. The number of hydrogen-bond acceptors (Lipinski definition) is 4. The van der Waals surface area contributed by atoms with E-state index in [4.69, 9.17) is 10.3 Å². The maximum atomic E-state index is 12.3. The van der Waals surface area contributed by atoms with Crippen LogP contribution in [0.25, 0.3) is 0 Å². The van der Waals surface area contributed by atoms with Crippen molar-refractivity contribution in [3.8, 4) is 0 Å². The van der Waals surface area contributed by atoms with Crippen molar-refractivity contribution in [1.82, 2.24) is 10.5 Å². The van der Waals surface area contributed by atoms with Gasteiger partial charge < -0.3 is 15.6 Å². The van der Waals surface area contributed by atoms with Gasteiger partial charge in [0.05, 0.1) is 21.8 Å². The number of rotatable bonds is 3. The molecule has 0 fully saturated rings. The minimum Gasteiger partial charge on any atom is -0.398 e. The SMILES string of the molecule is Cc1noc(C)c1C(C)NC(=O)c1cccc(N)c1Br. The minimum absolute atomic E-state index is 0.193. The number of anilines is 1. The number of halogens is 1. The Hall–Kier alpha value is -1.82. The predicted molar refractivity (Wildman–Crippen MR) is 80.4 cm³/mol. The average Bonchev–Trinajstić information content (AvgIpc) is 2.72. The lowest BCUT2D eigenvalue weighted by Crippen LogP contribution is -2.27. The summed E-state index contributed by atoms with van der Waals surface area (Å²) in [5.41, 5.74) is 8.49. The lowest BCUT2D eigenvalue weighted by atomic mass is 10.1. The Morgan fingerprint density at radius 3 is 2.75 bits per heavy atom. The van der Waals surface area contributed by atoms with Gasteiger partial charge >= 0.3 is 0 Å². The van der Waals surface area contributed by atoms with Crippen LogP contribution in [0.1, 0.15) is 40.3 Å². The second-order valence-corrected chi connectivity index (χ2v) is 5.43. The molecule has 0 aliphatic rings. The third kappa shape index (κ3) is 2.70. The summed E-state index contributed by atoms with van der Waals surface area (Å²) in [6, 6.07) is 5.01. The molecule has 1 aromatic carbocycles. The van der Waals surface area contributed by atoms with Gasteiger partial charge in [0.15, 0.2) is 0 Å². The monoisotopic (exact) mass is 337 g/mol. The highest BCUT2D eigenvalue weighted by Crippen LogP contribution is 2.25. The second-order valence-electron chi connectivity index (χ2n) is 4.64. The van der Waals surface area contributed by atoms with E-state index in [2.05, 4.69) is 26.4 Å². The van der Waals surface area contributed by atoms with E-state index in [1.54, 1.807) is 18.2 Å². The molecular formula is C14H16BrN3O2. The number of aromatic nitrogens is 1. The largest absolute Gasteiger partial charge is 0.398 e. The topological polar surface area (TPSA) is 81.2 Å². The van der Waals surface area contributed by atoms with Gasteiger partial charge in [-0.3, -0.25) is 4.79 Å². The van der Waals surface area contributed by atoms with Crippen LogP contribution in [0.15, 0.2) is 27.2 Å². The molecule has 106 valence electrons. The normalized spacial score (nSPS) is 12.2. The van der Waals surface area contributed by atoms with Gasteiger partial charge in [-0.05, 0) is 48.8 Å². The summed E-state index contributed by atoms with van der Waals surface area (Å²) in [6.07, 6.45) is 0. The zero-order chi connectivity index (χ0) is 14.9. The molecular weight excluding hydrogens is 322 g/mol. The number of benzene rings is 1. The molecule has 0 bridgehead atoms. The Morgan fingerprint density at radius 1 is 1.45 bits per heavy atom. The first-order chi connectivity index (χ1) is 9.41. The molecule has 6 heteroatoms. The predicted octanol–water partition coefficient (Wildman–Crippen LogP) is 3.13. The zero-order valence-electron chi connectivity index (χ0n) is 11.5. The van der Waals surface area contributed by atoms with Gasteiger partial charge in [-0.2, -0.15) is 0 Å². The molecule has 20 heavy (non-hydrogen) atoms. The fourth-order valence-corrected chi connectivity index (χ4v) is 2.62. The Morgan fingerprint density at radius 2 is 2.15 bits per heavy atom. The van der Waals surface area contributed by atoms with Crippen molar-refractivity contribution in [3.63, 3.8) is 0 Å². The number of nitrogens with zero attached hydrogens (tertiary/aromatic N) is 1. The first kappa shape index (κ1) is 14.6. The summed E-state index contributed by atoms with van der Waals surface area (Å²) >= 11 is 3.33. The molecule has 0 saturated heterocycles. The third-order valence-corrected chi connectivity index (χ3v) is 4.03. The van der Waals surface area contributed by atoms with Gasteiger partial charge in [-0.1, -0.05) is 11.2 Å². The molecule has 3 N–H and O–H groups in total. The van der Waals surface area contributed by atoms with Crippen LogP contribution in [-0.2, 0) is 0 Å². The number of nitrogens with one attached hydrogen (secondary N) is 1. The van der Waals surface area contributed by atoms with Crippen LogP contribution < -0.4 is 11.1 Å². The van der Waals surface area contributed by atoms with Crippen LogP contribution in [0.3, 0.4) is 0 Å². The number of aryl methyl sites for hydroxylation is 2. The van der Waals surface area contributed by atoms with Crippen molar-refractivity contribution in [1.29, 1.82) is 0 Å². The van der Waals surface area contributed by atoms with Crippen LogP contribution in [-0.4, -0.2) is 11.1 Å². The van der Waals surface area contributed by atoms with Crippen molar-refractivity contribution >= 4 is 27.5 Å². The van der Waals surface area contributed by atoms with Gasteiger partial charge in [-0.25, -0.2) is 0 Å². The number of hydrogen-bond donors (Lipinski definition) is 2. The number of carbonyl (C=O) groups is 1. The molecule has 0 aliphatic heterocycles. The average molecular weight is 338 g/mol. The van der Waals surface area contributed by atoms with Crippen LogP contribution in [0.2, 0.25) is 0 Å². The van der Waals surface area contributed by atoms with Crippen molar-refractivity contribution in [2.75, 3.05) is 5.73 Å². The van der Waals surface area contributed by atoms with E-state index in [-0.39, 0.29) is 11.9 Å². The Labute approximate surface area is 125 Å². The summed E-state index contributed by atoms with van der Waals surface area (Å²) in [4.78, 5) is 12.3. The first-order valence-electron chi connectivity index (χ1n) is 6.19. The van der Waals surface area contributed by atoms with E-state index in [0.29, 0.717) is 21.5 Å². The van der Waals surface area contributed by atoms with E-state index >= 15 is 0 Å². The van der Waals surface area contributed by atoms with Crippen molar-refractivity contribution < 1.29 is 9.32 Å². The van der Waals surface area contributed by atoms with Crippen LogP contribution >= 0.6 is 15.9 Å². The molecule has 1 atom stereocenters. The highest BCUT2D eigenvalue weighted by atomic mass is 79.9. The molecule has 1 amide bonds. The molecule has 1 unspecified atom stereocenters. The quantitative estimate of drug-likeness (QED) is 0.843. The fourth-order valence-electron chi connectivity index (χ4n) is 2.18. The molecule has 0 aliphatic carbocycles. The smallest absolute Gasteiger partial charge is 0.252 e. The standard InChI is InChI=1S/C14H16BrN3O2/c1-7(12-8(2)18-20-9(12)3)17-14(19)10-5-4-6-11(16)13(10)15/h4-7H,16H2,1-3H3,(H,17,19). The summed E-state index contributed by atoms with van der Waals surface area (Å²) in [5.74, 6) is 0.513. The summed E-state index contributed by atoms with van der Waals surface area (Å²) in [5, 5.41) is 6.82. The number of nitrogen functional groups attached to an aromatic ring is 1. The molecule has 5 nitrogen and oxygen atoms in total. The van der Waals surface area contributed by atoms with Crippen molar-refractivity contribution in [2.45, 2.75) is 26.8 Å². The molecule has 0 radical (unpaired) electrons. The highest BCUT2D eigenvalue weighted by Gasteiger charge is 2.20. The molecule has 2 aromatic rings. The second kappa shape index (κ2) is 5.66. The summed E-state index contributed by atoms with van der Waals surface area (Å²) in [7, 11) is 0. The first-order valence-corrected chi connectivity index (χ1v) is 6.98. The van der Waals surface area contributed by atoms with Crippen LogP contribution in [0, 0.1) is 13.8 Å². The van der Waals surface area contributed by atoms with E-state index in [0.717, 1.165) is 11.3 Å². The lowest BCUT2D eigenvalue weighted by molar-refractivity contribution is 0.0939. The van der Waals surface area contributed by atoms with Gasteiger partial charge in [0.25, 0.3) is 5.91 Å². The van der Waals surface area contributed by atoms with Crippen LogP contribution in [0.5, 0.6) is 0 Å². The van der Waals surface area contributed by atoms with Crippen molar-refractivity contribution in [2.24, 2.45) is 0 Å². The molecule has 2 rings (SSSR count). The van der Waals surface area contributed by atoms with E-state index < -0.39 is 0 Å². The van der Waals surface area contributed by atoms with E-state index in [1.807, 2.05) is 20.8 Å². The zero-order valence-corrected chi connectivity index (χ0v) is 13.1. The van der Waals surface area contributed by atoms with E-state index in [1.165, 1.54) is 0 Å². The molecule has 1 heterocycles. The number of nitrogens with two attached hydrogens (primary N) is 1. The Bertz CT molecular complexity index is 632. The maximum Gasteiger partial charge on any atom is 0.252 e. The third-order valence-electron chi connectivity index (χ3n) is 3.14. The van der Waals surface area contributed by atoms with Crippen molar-refractivity contribution in [3.05, 3.63) is 45.3 Å². The van der Waals surface area contributed by atoms with Gasteiger partial charge in [0.2, 0.25) is 0 Å². The molecule has 0 saturated carbocycles. The molecule has 0 spiro atoms. The fraction of sp³-hybridized carbons (Fsp3) is 0.286. The van der Waals surface area contributed by atoms with Gasteiger partial charge in [0, 0.05) is 11.3 Å². The minimum atomic E-state index is -0.198. The molecule has 1 aromatic heterocycles. The maximum absolute atomic E-state index is 12.3. The number of carbonyl (C=O) groups excluding carboxylic acids is 1. The summed E-state index contributed by atoms with van der Waals surface area (Å²) < 4.78 is 5.72. The van der Waals surface area contributed by atoms with Gasteiger partial charge in [-0.15, -0.1) is 0 Å². The van der Waals surface area contributed by atoms with Gasteiger partial charge in [0.1, 0.15) is 5.76 Å². The van der Waals surface area contributed by atoms with E-state index in [9.17, 15) is 4.79 Å². The van der Waals surface area contributed by atoms with Crippen LogP contribution in [0.4, 0.5) is 5.69 Å². The summed E-state index contributed by atoms with van der Waals surface area (Å²) in [6.45, 7) is 5.57. The number of amides is 1. The highest BCUT2D eigenvalue weighted by molar-refractivity contribution is 9.10. The Balaban J connectivity index is 2.22. The Kier molecular flexibility index (Phi) is 4.13.